The minimum absolute atomic E-state index is 0.0296. The van der Waals surface area contributed by atoms with Gasteiger partial charge in [-0.15, -0.1) is 0 Å². The molecule has 1 aromatic carbocycles. The Kier molecular flexibility index (Phi) is 9.89. The molecule has 3 aromatic rings. The maximum atomic E-state index is 10.7. The van der Waals surface area contributed by atoms with Gasteiger partial charge < -0.3 is 35.7 Å². The fourth-order valence-electron chi connectivity index (χ4n) is 4.31. The second kappa shape index (κ2) is 13.1. The molecule has 0 aliphatic rings. The van der Waals surface area contributed by atoms with E-state index in [1.807, 2.05) is 30.5 Å². The maximum absolute atomic E-state index is 10.7. The van der Waals surface area contributed by atoms with Crippen molar-refractivity contribution in [3.05, 3.63) is 41.6 Å². The first-order valence-electron chi connectivity index (χ1n) is 12.4. The number of aryl methyl sites for hydroxylation is 1. The number of fused-ring (bicyclic) bond motifs is 1. The average molecular weight is 500 g/mol. The first-order chi connectivity index (χ1) is 17.3. The molecule has 0 fully saturated rings. The zero-order valence-corrected chi connectivity index (χ0v) is 21.0. The molecule has 0 bridgehead atoms. The Hall–Kier alpha value is -3.37. The molecule has 0 spiro atoms. The summed E-state index contributed by atoms with van der Waals surface area (Å²) in [6.45, 7) is 3.49. The van der Waals surface area contributed by atoms with Crippen molar-refractivity contribution in [2.24, 2.45) is 0 Å². The van der Waals surface area contributed by atoms with Crippen LogP contribution in [0.5, 0.6) is 5.75 Å². The van der Waals surface area contributed by atoms with Crippen LogP contribution in [0.2, 0.25) is 0 Å². The van der Waals surface area contributed by atoms with Gasteiger partial charge >= 0.3 is 5.97 Å². The number of carboxylic acid groups (broad SMARTS) is 1. The molecular formula is C26H37N5O5. The molecule has 0 radical (unpaired) electrons. The van der Waals surface area contributed by atoms with E-state index in [9.17, 15) is 15.0 Å². The molecule has 0 saturated carbocycles. The number of nitrogens with two attached hydrogens (primary N) is 1. The van der Waals surface area contributed by atoms with Crippen LogP contribution in [0.4, 0.5) is 11.8 Å². The van der Waals surface area contributed by atoms with Crippen molar-refractivity contribution in [1.29, 1.82) is 0 Å². The quantitative estimate of drug-likeness (QED) is 0.198. The lowest BCUT2D eigenvalue weighted by Crippen LogP contribution is -2.21. The van der Waals surface area contributed by atoms with Gasteiger partial charge in [-0.2, -0.15) is 4.98 Å². The van der Waals surface area contributed by atoms with E-state index in [4.69, 9.17) is 15.6 Å². The Bertz CT molecular complexity index is 1150. The van der Waals surface area contributed by atoms with Gasteiger partial charge in [-0.3, -0.25) is 4.79 Å². The topological polar surface area (TPSA) is 156 Å². The smallest absolute Gasteiger partial charge is 0.305 e. The Labute approximate surface area is 211 Å². The number of unbranched alkanes of at least 4 members (excludes halogenated alkanes) is 2. The highest BCUT2D eigenvalue weighted by Gasteiger charge is 2.16. The number of aliphatic carboxylic acids is 1. The zero-order valence-electron chi connectivity index (χ0n) is 21.0. The average Bonchev–Trinajstić information content (AvgIpc) is 3.22. The summed E-state index contributed by atoms with van der Waals surface area (Å²) in [5.74, 6) is 0.591. The van der Waals surface area contributed by atoms with Crippen molar-refractivity contribution in [3.63, 3.8) is 0 Å². The first-order valence-corrected chi connectivity index (χ1v) is 12.4. The van der Waals surface area contributed by atoms with Crippen LogP contribution < -0.4 is 15.8 Å². The second-order valence-electron chi connectivity index (χ2n) is 9.07. The van der Waals surface area contributed by atoms with E-state index in [2.05, 4.69) is 26.8 Å². The zero-order chi connectivity index (χ0) is 26.1. The SMILES string of the molecule is CCCCCNc1nc(N)nc2ccn(Cc3cc(CC[C@@H](O)C[C@@H](O)CC(=O)O)ccc3OC)c12. The number of nitrogen functional groups attached to an aromatic ring is 1. The minimum Gasteiger partial charge on any atom is -0.496 e. The van der Waals surface area contributed by atoms with Gasteiger partial charge in [0.15, 0.2) is 5.82 Å². The Morgan fingerprint density at radius 3 is 2.72 bits per heavy atom. The fraction of sp³-hybridized carbons (Fsp3) is 0.500. The predicted molar refractivity (Wildman–Crippen MR) is 139 cm³/mol. The van der Waals surface area contributed by atoms with Crippen molar-refractivity contribution < 1.29 is 24.9 Å². The molecule has 0 unspecified atom stereocenters. The summed E-state index contributed by atoms with van der Waals surface area (Å²) < 4.78 is 7.66. The van der Waals surface area contributed by atoms with Crippen LogP contribution in [0, 0.1) is 0 Å². The third kappa shape index (κ3) is 7.56. The van der Waals surface area contributed by atoms with Gasteiger partial charge in [-0.25, -0.2) is 4.98 Å². The fourth-order valence-corrected chi connectivity index (χ4v) is 4.31. The lowest BCUT2D eigenvalue weighted by atomic mass is 10.00. The van der Waals surface area contributed by atoms with Gasteiger partial charge in [0.25, 0.3) is 0 Å². The number of rotatable bonds is 15. The number of aliphatic hydroxyl groups excluding tert-OH is 2. The molecule has 2 aromatic heterocycles. The standard InChI is InChI=1S/C26H37N5O5/c1-3-4-5-11-28-25-24-21(29-26(27)30-25)10-12-31(24)16-18-13-17(7-9-22(18)36-2)6-8-19(32)14-20(33)15-23(34)35/h7,9-10,12-13,19-20,32-33H,3-6,8,11,14-16H2,1-2H3,(H,34,35)(H3,27,28,29,30)/t19-,20-/m1/s1. The number of ether oxygens (including phenoxy) is 1. The Balaban J connectivity index is 1.76. The van der Waals surface area contributed by atoms with Crippen LogP contribution in [0.25, 0.3) is 11.0 Å². The summed E-state index contributed by atoms with van der Waals surface area (Å²) in [5, 5.41) is 32.2. The van der Waals surface area contributed by atoms with Crippen molar-refractivity contribution in [2.45, 2.75) is 70.6 Å². The summed E-state index contributed by atoms with van der Waals surface area (Å²) in [4.78, 5) is 19.5. The highest BCUT2D eigenvalue weighted by molar-refractivity contribution is 5.87. The Morgan fingerprint density at radius 1 is 1.19 bits per heavy atom. The molecule has 0 aliphatic carbocycles. The molecule has 0 aliphatic heterocycles. The van der Waals surface area contributed by atoms with Gasteiger partial charge in [0.05, 0.1) is 37.8 Å². The number of aliphatic hydroxyl groups is 2. The van der Waals surface area contributed by atoms with Gasteiger partial charge in [-0.05, 0) is 43.4 Å². The molecule has 36 heavy (non-hydrogen) atoms. The summed E-state index contributed by atoms with van der Waals surface area (Å²) in [6.07, 6.45) is 4.05. The predicted octanol–water partition coefficient (Wildman–Crippen LogP) is 3.19. The number of carboxylic acids is 1. The first kappa shape index (κ1) is 27.2. The van der Waals surface area contributed by atoms with Crippen LogP contribution in [0.1, 0.15) is 56.6 Å². The Morgan fingerprint density at radius 2 is 2.00 bits per heavy atom. The number of hydrogen-bond acceptors (Lipinski definition) is 8. The molecule has 0 saturated heterocycles. The summed E-state index contributed by atoms with van der Waals surface area (Å²) in [6, 6.07) is 7.80. The maximum Gasteiger partial charge on any atom is 0.305 e. The molecule has 3 rings (SSSR count). The molecule has 2 atom stereocenters. The lowest BCUT2D eigenvalue weighted by Gasteiger charge is -2.16. The van der Waals surface area contributed by atoms with E-state index < -0.39 is 18.2 Å². The molecule has 196 valence electrons. The van der Waals surface area contributed by atoms with Gasteiger partial charge in [0.2, 0.25) is 5.95 Å². The van der Waals surface area contributed by atoms with Gasteiger partial charge in [0.1, 0.15) is 11.3 Å². The van der Waals surface area contributed by atoms with Crippen LogP contribution in [-0.2, 0) is 17.8 Å². The van der Waals surface area contributed by atoms with Gasteiger partial charge in [-0.1, -0.05) is 31.9 Å². The molecule has 0 amide bonds. The highest BCUT2D eigenvalue weighted by atomic mass is 16.5. The van der Waals surface area contributed by atoms with E-state index in [1.165, 1.54) is 0 Å². The van der Waals surface area contributed by atoms with Crippen molar-refractivity contribution >= 4 is 28.8 Å². The third-order valence-electron chi connectivity index (χ3n) is 6.11. The van der Waals surface area contributed by atoms with E-state index >= 15 is 0 Å². The van der Waals surface area contributed by atoms with Crippen molar-refractivity contribution in [1.82, 2.24) is 14.5 Å². The number of nitrogens with zero attached hydrogens (tertiary/aromatic N) is 3. The number of carbonyl (C=O) groups is 1. The lowest BCUT2D eigenvalue weighted by molar-refractivity contribution is -0.139. The van der Waals surface area contributed by atoms with E-state index in [-0.39, 0.29) is 18.8 Å². The normalized spacial score (nSPS) is 13.0. The monoisotopic (exact) mass is 499 g/mol. The van der Waals surface area contributed by atoms with Crippen LogP contribution >= 0.6 is 0 Å². The third-order valence-corrected chi connectivity index (χ3v) is 6.11. The number of anilines is 2. The second-order valence-corrected chi connectivity index (χ2v) is 9.07. The largest absolute Gasteiger partial charge is 0.496 e. The van der Waals surface area contributed by atoms with E-state index in [0.29, 0.717) is 25.2 Å². The number of nitrogens with one attached hydrogen (secondary N) is 1. The molecular weight excluding hydrogens is 462 g/mol. The van der Waals surface area contributed by atoms with Crippen LogP contribution in [-0.4, -0.2) is 61.7 Å². The minimum atomic E-state index is -1.08. The number of methoxy groups -OCH3 is 1. The summed E-state index contributed by atoms with van der Waals surface area (Å²) in [7, 11) is 1.63. The van der Waals surface area contributed by atoms with E-state index in [1.54, 1.807) is 7.11 Å². The van der Waals surface area contributed by atoms with Gasteiger partial charge in [0, 0.05) is 18.3 Å². The highest BCUT2D eigenvalue weighted by Crippen LogP contribution is 2.27. The van der Waals surface area contributed by atoms with E-state index in [0.717, 1.165) is 53.7 Å². The number of hydrogen-bond donors (Lipinski definition) is 5. The van der Waals surface area contributed by atoms with Crippen molar-refractivity contribution in [2.75, 3.05) is 24.7 Å². The summed E-state index contributed by atoms with van der Waals surface area (Å²) >= 11 is 0. The van der Waals surface area contributed by atoms with Crippen LogP contribution in [0.3, 0.4) is 0 Å². The van der Waals surface area contributed by atoms with Crippen LogP contribution in [0.15, 0.2) is 30.5 Å². The van der Waals surface area contributed by atoms with Crippen molar-refractivity contribution in [3.8, 4) is 5.75 Å². The molecule has 10 nitrogen and oxygen atoms in total. The molecule has 6 N–H and O–H groups in total. The number of benzene rings is 1. The summed E-state index contributed by atoms with van der Waals surface area (Å²) in [5.41, 5.74) is 9.54. The molecule has 10 heteroatoms. The number of aromatic nitrogens is 3. The molecule has 2 heterocycles.